The Morgan fingerprint density at radius 3 is 2.66 bits per heavy atom. The molecule has 0 saturated carbocycles. The molecule has 1 fully saturated rings. The number of nitrogens with one attached hydrogen (secondary N) is 2. The Bertz CT molecular complexity index is 847. The summed E-state index contributed by atoms with van der Waals surface area (Å²) in [5.41, 5.74) is 4.40. The van der Waals surface area contributed by atoms with Gasteiger partial charge in [-0.25, -0.2) is 9.78 Å². The molecular formula is C22H31N5O2. The molecule has 2 aromatic rings. The van der Waals surface area contributed by atoms with Crippen molar-refractivity contribution in [2.24, 2.45) is 0 Å². The molecule has 1 aliphatic rings. The van der Waals surface area contributed by atoms with Gasteiger partial charge >= 0.3 is 6.09 Å². The molecule has 3 rings (SSSR count). The molecule has 0 bridgehead atoms. The first-order chi connectivity index (χ1) is 14.0. The number of hydrogen-bond donors (Lipinski definition) is 2. The van der Waals surface area contributed by atoms with Crippen LogP contribution in [0.3, 0.4) is 0 Å². The first-order valence-electron chi connectivity index (χ1n) is 10.4. The van der Waals surface area contributed by atoms with Crippen molar-refractivity contribution in [1.82, 2.24) is 14.9 Å². The largest absolute Gasteiger partial charge is 0.450 e. The zero-order valence-corrected chi connectivity index (χ0v) is 17.8. The molecule has 0 radical (unpaired) electrons. The van der Waals surface area contributed by atoms with Gasteiger partial charge in [0.2, 0.25) is 5.95 Å². The summed E-state index contributed by atoms with van der Waals surface area (Å²) in [5.74, 6) is 1.40. The van der Waals surface area contributed by atoms with Gasteiger partial charge in [-0.3, -0.25) is 0 Å². The van der Waals surface area contributed by atoms with Crippen LogP contribution in [-0.2, 0) is 11.2 Å². The van der Waals surface area contributed by atoms with E-state index in [0.717, 1.165) is 36.5 Å². The fourth-order valence-electron chi connectivity index (χ4n) is 3.64. The van der Waals surface area contributed by atoms with Crippen molar-refractivity contribution in [2.75, 3.05) is 30.3 Å². The topological polar surface area (TPSA) is 79.4 Å². The van der Waals surface area contributed by atoms with E-state index in [4.69, 9.17) is 4.74 Å². The van der Waals surface area contributed by atoms with Crippen molar-refractivity contribution in [3.8, 4) is 0 Å². The average Bonchev–Trinajstić information content (AvgIpc) is 2.70. The van der Waals surface area contributed by atoms with Crippen LogP contribution in [0, 0.1) is 13.8 Å². The molecule has 7 heteroatoms. The van der Waals surface area contributed by atoms with Crippen LogP contribution < -0.4 is 10.6 Å². The number of amides is 1. The second kappa shape index (κ2) is 9.58. The SMILES string of the molecule is CCOC(=O)N1CCC(Nc2cc(C)nc(Nc3c(C)cccc3CC)n2)CC1. The molecule has 1 aromatic heterocycles. The lowest BCUT2D eigenvalue weighted by Gasteiger charge is -2.31. The number of rotatable bonds is 6. The zero-order chi connectivity index (χ0) is 20.8. The molecule has 156 valence electrons. The van der Waals surface area contributed by atoms with Gasteiger partial charge < -0.3 is 20.3 Å². The maximum atomic E-state index is 11.9. The predicted molar refractivity (Wildman–Crippen MR) is 116 cm³/mol. The van der Waals surface area contributed by atoms with Crippen molar-refractivity contribution in [3.05, 3.63) is 41.1 Å². The number of carbonyl (C=O) groups is 1. The third kappa shape index (κ3) is 5.37. The van der Waals surface area contributed by atoms with E-state index in [1.165, 1.54) is 11.1 Å². The van der Waals surface area contributed by atoms with E-state index in [1.54, 1.807) is 4.90 Å². The summed E-state index contributed by atoms with van der Waals surface area (Å²) >= 11 is 0. The van der Waals surface area contributed by atoms with Gasteiger partial charge in [0.25, 0.3) is 0 Å². The van der Waals surface area contributed by atoms with E-state index in [0.29, 0.717) is 25.6 Å². The summed E-state index contributed by atoms with van der Waals surface area (Å²) in [4.78, 5) is 22.9. The van der Waals surface area contributed by atoms with Crippen LogP contribution in [0.25, 0.3) is 0 Å². The summed E-state index contributed by atoms with van der Waals surface area (Å²) in [6, 6.07) is 8.52. The first kappa shape index (κ1) is 20.9. The molecule has 1 aromatic carbocycles. The molecule has 29 heavy (non-hydrogen) atoms. The molecule has 1 saturated heterocycles. The Labute approximate surface area is 172 Å². The lowest BCUT2D eigenvalue weighted by Crippen LogP contribution is -2.42. The Morgan fingerprint density at radius 2 is 1.97 bits per heavy atom. The third-order valence-electron chi connectivity index (χ3n) is 5.20. The standard InChI is InChI=1S/C22H31N5O2/c1-5-17-9-7-8-15(3)20(17)26-21-23-16(4)14-19(25-21)24-18-10-12-27(13-11-18)22(28)29-6-2/h7-9,14,18H,5-6,10-13H2,1-4H3,(H2,23,24,25,26). The number of aromatic nitrogens is 2. The Kier molecular flexibility index (Phi) is 6.90. The maximum absolute atomic E-state index is 11.9. The average molecular weight is 398 g/mol. The number of piperidine rings is 1. The minimum atomic E-state index is -0.222. The van der Waals surface area contributed by atoms with E-state index in [1.807, 2.05) is 19.9 Å². The number of benzene rings is 1. The van der Waals surface area contributed by atoms with Crippen molar-refractivity contribution in [3.63, 3.8) is 0 Å². The number of para-hydroxylation sites is 1. The van der Waals surface area contributed by atoms with E-state index in [9.17, 15) is 4.79 Å². The van der Waals surface area contributed by atoms with Crippen molar-refractivity contribution in [1.29, 1.82) is 0 Å². The van der Waals surface area contributed by atoms with Gasteiger partial charge in [0, 0.05) is 36.6 Å². The van der Waals surface area contributed by atoms with E-state index < -0.39 is 0 Å². The number of ether oxygens (including phenoxy) is 1. The number of likely N-dealkylation sites (tertiary alicyclic amines) is 1. The van der Waals surface area contributed by atoms with Gasteiger partial charge in [0.1, 0.15) is 5.82 Å². The van der Waals surface area contributed by atoms with Crippen molar-refractivity contribution in [2.45, 2.75) is 53.0 Å². The summed E-state index contributed by atoms with van der Waals surface area (Å²) in [6.07, 6.45) is 2.45. The van der Waals surface area contributed by atoms with Crippen LogP contribution in [0.4, 0.5) is 22.2 Å². The van der Waals surface area contributed by atoms with Crippen molar-refractivity contribution >= 4 is 23.5 Å². The van der Waals surface area contributed by atoms with E-state index in [-0.39, 0.29) is 12.1 Å². The lowest BCUT2D eigenvalue weighted by atomic mass is 10.1. The van der Waals surface area contributed by atoms with Gasteiger partial charge in [-0.05, 0) is 51.2 Å². The molecule has 7 nitrogen and oxygen atoms in total. The Morgan fingerprint density at radius 1 is 1.21 bits per heavy atom. The van der Waals surface area contributed by atoms with Gasteiger partial charge in [0.15, 0.2) is 0 Å². The second-order valence-corrected chi connectivity index (χ2v) is 7.41. The number of carbonyl (C=O) groups excluding carboxylic acids is 1. The fraction of sp³-hybridized carbons (Fsp3) is 0.500. The Hall–Kier alpha value is -2.83. The summed E-state index contributed by atoms with van der Waals surface area (Å²) < 4.78 is 5.09. The smallest absolute Gasteiger partial charge is 0.409 e. The molecule has 0 atom stereocenters. The summed E-state index contributed by atoms with van der Waals surface area (Å²) in [5, 5.41) is 6.93. The molecule has 1 aliphatic heterocycles. The van der Waals surface area contributed by atoms with Gasteiger partial charge in [-0.1, -0.05) is 25.1 Å². The summed E-state index contributed by atoms with van der Waals surface area (Å²) in [6.45, 7) is 9.83. The highest BCUT2D eigenvalue weighted by Crippen LogP contribution is 2.25. The third-order valence-corrected chi connectivity index (χ3v) is 5.20. The maximum Gasteiger partial charge on any atom is 0.409 e. The van der Waals surface area contributed by atoms with Crippen LogP contribution in [0.2, 0.25) is 0 Å². The molecular weight excluding hydrogens is 366 g/mol. The molecule has 0 spiro atoms. The summed E-state index contributed by atoms with van der Waals surface area (Å²) in [7, 11) is 0. The molecule has 2 N–H and O–H groups in total. The number of aryl methyl sites for hydroxylation is 3. The van der Waals surface area contributed by atoms with E-state index in [2.05, 4.69) is 52.6 Å². The normalized spacial score (nSPS) is 14.6. The van der Waals surface area contributed by atoms with Crippen LogP contribution in [-0.4, -0.2) is 46.7 Å². The minimum Gasteiger partial charge on any atom is -0.450 e. The highest BCUT2D eigenvalue weighted by molar-refractivity contribution is 5.67. The monoisotopic (exact) mass is 397 g/mol. The van der Waals surface area contributed by atoms with Gasteiger partial charge in [-0.15, -0.1) is 0 Å². The highest BCUT2D eigenvalue weighted by Gasteiger charge is 2.23. The van der Waals surface area contributed by atoms with Crippen LogP contribution in [0.1, 0.15) is 43.5 Å². The van der Waals surface area contributed by atoms with Gasteiger partial charge in [0.05, 0.1) is 6.61 Å². The molecule has 1 amide bonds. The van der Waals surface area contributed by atoms with Crippen molar-refractivity contribution < 1.29 is 9.53 Å². The predicted octanol–water partition coefficient (Wildman–Crippen LogP) is 4.43. The molecule has 0 unspecified atom stereocenters. The first-order valence-corrected chi connectivity index (χ1v) is 10.4. The zero-order valence-electron chi connectivity index (χ0n) is 17.8. The van der Waals surface area contributed by atoms with Crippen LogP contribution >= 0.6 is 0 Å². The second-order valence-electron chi connectivity index (χ2n) is 7.41. The van der Waals surface area contributed by atoms with E-state index >= 15 is 0 Å². The highest BCUT2D eigenvalue weighted by atomic mass is 16.6. The molecule has 2 heterocycles. The minimum absolute atomic E-state index is 0.222. The lowest BCUT2D eigenvalue weighted by molar-refractivity contribution is 0.0983. The van der Waals surface area contributed by atoms with Gasteiger partial charge in [-0.2, -0.15) is 4.98 Å². The fourth-order valence-corrected chi connectivity index (χ4v) is 3.64. The number of nitrogens with zero attached hydrogens (tertiary/aromatic N) is 3. The quantitative estimate of drug-likeness (QED) is 0.751. The number of hydrogen-bond acceptors (Lipinski definition) is 6. The van der Waals surface area contributed by atoms with Crippen LogP contribution in [0.15, 0.2) is 24.3 Å². The van der Waals surface area contributed by atoms with Crippen LogP contribution in [0.5, 0.6) is 0 Å². The number of anilines is 3. The molecule has 0 aliphatic carbocycles. The Balaban J connectivity index is 1.67.